The van der Waals surface area contributed by atoms with Gasteiger partial charge in [-0.15, -0.1) is 0 Å². The van der Waals surface area contributed by atoms with Gasteiger partial charge in [-0.05, 0) is 19.8 Å². The molecule has 0 saturated carbocycles. The summed E-state index contributed by atoms with van der Waals surface area (Å²) in [6.07, 6.45) is -3.17. The first-order valence-electron chi connectivity index (χ1n) is 5.00. The van der Waals surface area contributed by atoms with E-state index in [0.717, 1.165) is 0 Å². The molecule has 1 saturated heterocycles. The van der Waals surface area contributed by atoms with Gasteiger partial charge >= 0.3 is 6.18 Å². The van der Waals surface area contributed by atoms with E-state index >= 15 is 0 Å². The molecule has 1 fully saturated rings. The lowest BCUT2D eigenvalue weighted by atomic mass is 9.87. The molecule has 1 aliphatic heterocycles. The fraction of sp³-hybridized carbons (Fsp3) is 1.00. The number of nitrogens with one attached hydrogen (secondary N) is 1. The van der Waals surface area contributed by atoms with Gasteiger partial charge in [0.05, 0.1) is 12.6 Å². The Hall–Kier alpha value is -0.330. The Morgan fingerprint density at radius 1 is 1.53 bits per heavy atom. The molecule has 0 aliphatic carbocycles. The van der Waals surface area contributed by atoms with Gasteiger partial charge in [0.25, 0.3) is 0 Å². The highest BCUT2D eigenvalue weighted by Crippen LogP contribution is 2.25. The molecule has 0 aromatic heterocycles. The zero-order valence-corrected chi connectivity index (χ0v) is 8.73. The van der Waals surface area contributed by atoms with Crippen LogP contribution in [0, 0.1) is 0 Å². The fourth-order valence-corrected chi connectivity index (χ4v) is 1.87. The third kappa shape index (κ3) is 3.96. The molecule has 6 heteroatoms. The van der Waals surface area contributed by atoms with Crippen molar-refractivity contribution < 1.29 is 17.9 Å². The zero-order chi connectivity index (χ0) is 11.5. The van der Waals surface area contributed by atoms with Crippen molar-refractivity contribution >= 4 is 0 Å². The summed E-state index contributed by atoms with van der Waals surface area (Å²) in [6, 6.07) is 0. The molecule has 1 rings (SSSR count). The molecule has 3 N–H and O–H groups in total. The lowest BCUT2D eigenvalue weighted by Gasteiger charge is -2.40. The Morgan fingerprint density at radius 3 is 2.67 bits per heavy atom. The molecule has 0 aromatic carbocycles. The van der Waals surface area contributed by atoms with E-state index in [1.165, 1.54) is 0 Å². The lowest BCUT2D eigenvalue weighted by Crippen LogP contribution is -2.58. The van der Waals surface area contributed by atoms with Gasteiger partial charge in [-0.2, -0.15) is 13.2 Å². The van der Waals surface area contributed by atoms with Crippen LogP contribution in [-0.2, 0) is 4.74 Å². The van der Waals surface area contributed by atoms with Crippen molar-refractivity contribution in [2.45, 2.75) is 37.6 Å². The summed E-state index contributed by atoms with van der Waals surface area (Å²) in [6.45, 7) is 1.52. The Bertz CT molecular complexity index is 210. The van der Waals surface area contributed by atoms with Crippen LogP contribution >= 0.6 is 0 Å². The predicted molar refractivity (Wildman–Crippen MR) is 50.5 cm³/mol. The molecular formula is C9H17F3N2O. The lowest BCUT2D eigenvalue weighted by molar-refractivity contribution is -0.132. The van der Waals surface area contributed by atoms with E-state index in [9.17, 15) is 13.2 Å². The van der Waals surface area contributed by atoms with Crippen molar-refractivity contribution in [3.63, 3.8) is 0 Å². The average molecular weight is 226 g/mol. The van der Waals surface area contributed by atoms with Crippen LogP contribution in [-0.4, -0.2) is 37.5 Å². The third-order valence-corrected chi connectivity index (χ3v) is 2.72. The molecule has 0 amide bonds. The van der Waals surface area contributed by atoms with Crippen LogP contribution in [0.25, 0.3) is 0 Å². The van der Waals surface area contributed by atoms with Crippen molar-refractivity contribution in [3.05, 3.63) is 0 Å². The van der Waals surface area contributed by atoms with Crippen LogP contribution in [0.1, 0.15) is 19.8 Å². The monoisotopic (exact) mass is 226 g/mol. The van der Waals surface area contributed by atoms with E-state index in [1.807, 2.05) is 6.92 Å². The smallest absolute Gasteiger partial charge is 0.378 e. The maximum Gasteiger partial charge on any atom is 0.401 e. The first-order chi connectivity index (χ1) is 6.87. The minimum Gasteiger partial charge on any atom is -0.378 e. The highest BCUT2D eigenvalue weighted by Gasteiger charge is 2.37. The second-order valence-electron chi connectivity index (χ2n) is 4.09. The first kappa shape index (κ1) is 12.7. The van der Waals surface area contributed by atoms with Gasteiger partial charge in [0, 0.05) is 18.7 Å². The van der Waals surface area contributed by atoms with Gasteiger partial charge in [0.2, 0.25) is 0 Å². The van der Waals surface area contributed by atoms with Gasteiger partial charge in [-0.3, -0.25) is 0 Å². The van der Waals surface area contributed by atoms with E-state index in [-0.39, 0.29) is 12.6 Å². The zero-order valence-electron chi connectivity index (χ0n) is 8.73. The van der Waals surface area contributed by atoms with Crippen LogP contribution in [0.3, 0.4) is 0 Å². The molecule has 1 heterocycles. The Kier molecular flexibility index (Phi) is 3.97. The maximum absolute atomic E-state index is 12.1. The number of ether oxygens (including phenoxy) is 1. The summed E-state index contributed by atoms with van der Waals surface area (Å²) in [5, 5.41) is 2.53. The van der Waals surface area contributed by atoms with Crippen molar-refractivity contribution in [2.75, 3.05) is 19.7 Å². The standard InChI is InChI=1S/C9H17F3N2O/c1-7-4-8(5-13,2-3-15-7)14-6-9(10,11)12/h7,14H,2-6,13H2,1H3. The molecule has 0 aromatic rings. The highest BCUT2D eigenvalue weighted by atomic mass is 19.4. The van der Waals surface area contributed by atoms with Crippen LogP contribution in [0.5, 0.6) is 0 Å². The van der Waals surface area contributed by atoms with Crippen molar-refractivity contribution in [3.8, 4) is 0 Å². The minimum absolute atomic E-state index is 0.0389. The van der Waals surface area contributed by atoms with Gasteiger partial charge in [0.1, 0.15) is 0 Å². The third-order valence-electron chi connectivity index (χ3n) is 2.72. The molecular weight excluding hydrogens is 209 g/mol. The van der Waals surface area contributed by atoms with Crippen LogP contribution < -0.4 is 11.1 Å². The van der Waals surface area contributed by atoms with E-state index in [4.69, 9.17) is 10.5 Å². The summed E-state index contributed by atoms with van der Waals surface area (Å²) in [7, 11) is 0. The SMILES string of the molecule is CC1CC(CN)(NCC(F)(F)F)CCO1. The average Bonchev–Trinajstić information content (AvgIpc) is 2.14. The number of alkyl halides is 3. The molecule has 0 spiro atoms. The number of hydrogen-bond acceptors (Lipinski definition) is 3. The summed E-state index contributed by atoms with van der Waals surface area (Å²) in [5.41, 5.74) is 4.93. The maximum atomic E-state index is 12.1. The predicted octanol–water partition coefficient (Wildman–Crippen LogP) is 1.03. The van der Waals surface area contributed by atoms with Crippen LogP contribution in [0.2, 0.25) is 0 Å². The molecule has 0 radical (unpaired) electrons. The summed E-state index contributed by atoms with van der Waals surface area (Å²) in [4.78, 5) is 0. The second kappa shape index (κ2) is 4.67. The Morgan fingerprint density at radius 2 is 2.20 bits per heavy atom. The minimum atomic E-state index is -4.19. The van der Waals surface area contributed by atoms with Gasteiger partial charge < -0.3 is 15.8 Å². The highest BCUT2D eigenvalue weighted by molar-refractivity contribution is 4.93. The first-order valence-corrected chi connectivity index (χ1v) is 5.00. The number of halogens is 3. The van der Waals surface area contributed by atoms with Crippen molar-refractivity contribution in [2.24, 2.45) is 5.73 Å². The fourth-order valence-electron chi connectivity index (χ4n) is 1.87. The van der Waals surface area contributed by atoms with Gasteiger partial charge in [0.15, 0.2) is 0 Å². The van der Waals surface area contributed by atoms with Gasteiger partial charge in [-0.1, -0.05) is 0 Å². The van der Waals surface area contributed by atoms with E-state index < -0.39 is 18.3 Å². The molecule has 1 aliphatic rings. The molecule has 15 heavy (non-hydrogen) atoms. The molecule has 0 bridgehead atoms. The second-order valence-corrected chi connectivity index (χ2v) is 4.09. The van der Waals surface area contributed by atoms with Gasteiger partial charge in [-0.25, -0.2) is 0 Å². The van der Waals surface area contributed by atoms with Crippen LogP contribution in [0.4, 0.5) is 13.2 Å². The normalized spacial score (nSPS) is 33.0. The Labute approximate surface area is 87.2 Å². The van der Waals surface area contributed by atoms with Crippen LogP contribution in [0.15, 0.2) is 0 Å². The largest absolute Gasteiger partial charge is 0.401 e. The Balaban J connectivity index is 2.52. The van der Waals surface area contributed by atoms with Crippen molar-refractivity contribution in [1.82, 2.24) is 5.32 Å². The summed E-state index contributed by atoms with van der Waals surface area (Å²) < 4.78 is 41.5. The molecule has 3 nitrogen and oxygen atoms in total. The number of hydrogen-bond donors (Lipinski definition) is 2. The topological polar surface area (TPSA) is 47.3 Å². The molecule has 90 valence electrons. The van der Waals surface area contributed by atoms with E-state index in [1.54, 1.807) is 0 Å². The number of rotatable bonds is 3. The summed E-state index contributed by atoms with van der Waals surface area (Å²) in [5.74, 6) is 0. The molecule has 2 atom stereocenters. The van der Waals surface area contributed by atoms with Crippen molar-refractivity contribution in [1.29, 1.82) is 0 Å². The van der Waals surface area contributed by atoms with E-state index in [2.05, 4.69) is 5.32 Å². The molecule has 2 unspecified atom stereocenters. The quantitative estimate of drug-likeness (QED) is 0.755. The summed E-state index contributed by atoms with van der Waals surface area (Å²) >= 11 is 0. The van der Waals surface area contributed by atoms with E-state index in [0.29, 0.717) is 19.4 Å². The number of nitrogens with two attached hydrogens (primary N) is 1.